The summed E-state index contributed by atoms with van der Waals surface area (Å²) >= 11 is 1.31. The van der Waals surface area contributed by atoms with E-state index < -0.39 is 12.1 Å². The van der Waals surface area contributed by atoms with E-state index in [1.807, 2.05) is 0 Å². The van der Waals surface area contributed by atoms with Crippen LogP contribution in [0.4, 0.5) is 9.93 Å². The second kappa shape index (κ2) is 5.11. The lowest BCUT2D eigenvalue weighted by molar-refractivity contribution is -0.154. The van der Waals surface area contributed by atoms with Gasteiger partial charge in [-0.2, -0.15) is 0 Å². The first-order valence-corrected chi connectivity index (χ1v) is 5.84. The fourth-order valence-corrected chi connectivity index (χ4v) is 1.96. The average molecular weight is 257 g/mol. The standard InChI is InChI=1S/C9H11N3O4S/c13-7(14)6-5-12(2-3-16-6)9(15)11-8-10-1-4-17-8/h1,4,6H,2-3,5H2,(H,13,14)(H,10,11,15). The number of hydrogen-bond acceptors (Lipinski definition) is 5. The Kier molecular flexibility index (Phi) is 3.55. The number of carboxylic acid groups (broad SMARTS) is 1. The minimum absolute atomic E-state index is 0.0482. The molecule has 2 rings (SSSR count). The van der Waals surface area contributed by atoms with E-state index >= 15 is 0 Å². The number of hydrogen-bond donors (Lipinski definition) is 2. The zero-order valence-electron chi connectivity index (χ0n) is 8.83. The quantitative estimate of drug-likeness (QED) is 0.803. The summed E-state index contributed by atoms with van der Waals surface area (Å²) in [6.45, 7) is 0.649. The number of amides is 2. The van der Waals surface area contributed by atoms with E-state index in [2.05, 4.69) is 10.3 Å². The highest BCUT2D eigenvalue weighted by atomic mass is 32.1. The van der Waals surface area contributed by atoms with Crippen molar-refractivity contribution in [2.45, 2.75) is 6.10 Å². The van der Waals surface area contributed by atoms with Crippen molar-refractivity contribution in [3.05, 3.63) is 11.6 Å². The lowest BCUT2D eigenvalue weighted by Gasteiger charge is -2.30. The van der Waals surface area contributed by atoms with Gasteiger partial charge in [-0.25, -0.2) is 14.6 Å². The highest BCUT2D eigenvalue weighted by Gasteiger charge is 2.29. The van der Waals surface area contributed by atoms with Crippen molar-refractivity contribution >= 4 is 28.5 Å². The van der Waals surface area contributed by atoms with Gasteiger partial charge in [0, 0.05) is 18.1 Å². The molecule has 1 atom stereocenters. The molecular formula is C9H11N3O4S. The second-order valence-corrected chi connectivity index (χ2v) is 4.31. The van der Waals surface area contributed by atoms with Gasteiger partial charge in [0.15, 0.2) is 11.2 Å². The first kappa shape index (κ1) is 11.8. The number of nitrogens with zero attached hydrogens (tertiary/aromatic N) is 2. The van der Waals surface area contributed by atoms with Crippen LogP contribution in [0.15, 0.2) is 11.6 Å². The van der Waals surface area contributed by atoms with Crippen molar-refractivity contribution in [2.75, 3.05) is 25.0 Å². The highest BCUT2D eigenvalue weighted by molar-refractivity contribution is 7.13. The average Bonchev–Trinajstić information content (AvgIpc) is 2.82. The Bertz CT molecular complexity index is 408. The number of ether oxygens (including phenoxy) is 1. The maximum atomic E-state index is 11.8. The van der Waals surface area contributed by atoms with Gasteiger partial charge < -0.3 is 14.7 Å². The van der Waals surface area contributed by atoms with Gasteiger partial charge in [-0.05, 0) is 0 Å². The van der Waals surface area contributed by atoms with Gasteiger partial charge in [0.1, 0.15) is 0 Å². The van der Waals surface area contributed by atoms with Crippen LogP contribution in [0.5, 0.6) is 0 Å². The molecule has 1 aliphatic heterocycles. The first-order valence-electron chi connectivity index (χ1n) is 4.96. The number of thiazole rings is 1. The summed E-state index contributed by atoms with van der Waals surface area (Å²) < 4.78 is 5.02. The Labute approximate surface area is 101 Å². The minimum atomic E-state index is -1.06. The van der Waals surface area contributed by atoms with Crippen LogP contribution in [-0.4, -0.2) is 52.8 Å². The van der Waals surface area contributed by atoms with E-state index in [0.29, 0.717) is 11.7 Å². The van der Waals surface area contributed by atoms with Crippen molar-refractivity contribution in [3.8, 4) is 0 Å². The van der Waals surface area contributed by atoms with Crippen LogP contribution in [0.1, 0.15) is 0 Å². The molecule has 92 valence electrons. The van der Waals surface area contributed by atoms with Gasteiger partial charge in [0.2, 0.25) is 0 Å². The molecule has 1 aromatic rings. The predicted octanol–water partition coefficient (Wildman–Crippen LogP) is 0.460. The Morgan fingerprint density at radius 2 is 2.47 bits per heavy atom. The highest BCUT2D eigenvalue weighted by Crippen LogP contribution is 2.13. The molecule has 0 spiro atoms. The molecule has 0 bridgehead atoms. The topological polar surface area (TPSA) is 91.8 Å². The van der Waals surface area contributed by atoms with Crippen LogP contribution in [0.2, 0.25) is 0 Å². The van der Waals surface area contributed by atoms with Gasteiger partial charge in [0.25, 0.3) is 0 Å². The van der Waals surface area contributed by atoms with E-state index in [1.54, 1.807) is 11.6 Å². The van der Waals surface area contributed by atoms with Crippen LogP contribution in [0.25, 0.3) is 0 Å². The monoisotopic (exact) mass is 257 g/mol. The molecule has 1 aliphatic rings. The number of nitrogens with one attached hydrogen (secondary N) is 1. The van der Waals surface area contributed by atoms with E-state index in [4.69, 9.17) is 9.84 Å². The van der Waals surface area contributed by atoms with E-state index in [0.717, 1.165) is 0 Å². The summed E-state index contributed by atoms with van der Waals surface area (Å²) in [5.74, 6) is -1.06. The molecule has 0 saturated carbocycles. The number of carbonyl (C=O) groups excluding carboxylic acids is 1. The van der Waals surface area contributed by atoms with E-state index in [-0.39, 0.29) is 19.2 Å². The normalized spacial score (nSPS) is 20.0. The smallest absolute Gasteiger partial charge is 0.334 e. The van der Waals surface area contributed by atoms with E-state index in [1.165, 1.54) is 16.2 Å². The maximum absolute atomic E-state index is 11.8. The molecule has 17 heavy (non-hydrogen) atoms. The predicted molar refractivity (Wildman–Crippen MR) is 60.1 cm³/mol. The lowest BCUT2D eigenvalue weighted by atomic mass is 10.3. The number of aliphatic carboxylic acids is 1. The second-order valence-electron chi connectivity index (χ2n) is 3.41. The Balaban J connectivity index is 1.93. The molecule has 0 aliphatic carbocycles. The van der Waals surface area contributed by atoms with Gasteiger partial charge in [-0.15, -0.1) is 11.3 Å². The molecule has 2 heterocycles. The number of rotatable bonds is 2. The van der Waals surface area contributed by atoms with Crippen LogP contribution < -0.4 is 5.32 Å². The summed E-state index contributed by atoms with van der Waals surface area (Å²) in [7, 11) is 0. The molecule has 1 saturated heterocycles. The Hall–Kier alpha value is -1.67. The van der Waals surface area contributed by atoms with Gasteiger partial charge >= 0.3 is 12.0 Å². The molecule has 1 unspecified atom stereocenters. The van der Waals surface area contributed by atoms with Crippen LogP contribution in [0.3, 0.4) is 0 Å². The van der Waals surface area contributed by atoms with Crippen LogP contribution in [-0.2, 0) is 9.53 Å². The summed E-state index contributed by atoms with van der Waals surface area (Å²) in [5, 5.41) is 13.6. The molecular weight excluding hydrogens is 246 g/mol. The first-order chi connectivity index (χ1) is 8.16. The van der Waals surface area contributed by atoms with E-state index in [9.17, 15) is 9.59 Å². The maximum Gasteiger partial charge on any atom is 0.334 e. The zero-order chi connectivity index (χ0) is 12.3. The fraction of sp³-hybridized carbons (Fsp3) is 0.444. The molecule has 1 aromatic heterocycles. The third-order valence-electron chi connectivity index (χ3n) is 2.28. The van der Waals surface area contributed by atoms with Crippen LogP contribution in [0, 0.1) is 0 Å². The molecule has 0 aromatic carbocycles. The van der Waals surface area contributed by atoms with Crippen molar-refractivity contribution < 1.29 is 19.4 Å². The SMILES string of the molecule is O=C(O)C1CN(C(=O)Nc2nccs2)CCO1. The molecule has 7 nitrogen and oxygen atoms in total. The van der Waals surface area contributed by atoms with Gasteiger partial charge in [-0.1, -0.05) is 0 Å². The lowest BCUT2D eigenvalue weighted by Crippen LogP contribution is -2.49. The van der Waals surface area contributed by atoms with Crippen molar-refractivity contribution in [1.29, 1.82) is 0 Å². The summed E-state index contributed by atoms with van der Waals surface area (Å²) in [5.41, 5.74) is 0. The Morgan fingerprint density at radius 3 is 3.12 bits per heavy atom. The van der Waals surface area contributed by atoms with Gasteiger partial charge in [0.05, 0.1) is 13.2 Å². The third-order valence-corrected chi connectivity index (χ3v) is 2.96. The third kappa shape index (κ3) is 2.92. The fourth-order valence-electron chi connectivity index (χ4n) is 1.44. The number of anilines is 1. The van der Waals surface area contributed by atoms with Crippen LogP contribution >= 0.6 is 11.3 Å². The molecule has 0 radical (unpaired) electrons. The molecule has 8 heteroatoms. The number of carboxylic acids is 1. The Morgan fingerprint density at radius 1 is 1.65 bits per heavy atom. The summed E-state index contributed by atoms with van der Waals surface area (Å²) in [6, 6.07) is -0.352. The van der Waals surface area contributed by atoms with Crippen molar-refractivity contribution in [3.63, 3.8) is 0 Å². The molecule has 1 fully saturated rings. The largest absolute Gasteiger partial charge is 0.479 e. The summed E-state index contributed by atoms with van der Waals surface area (Å²) in [6.07, 6.45) is 0.630. The zero-order valence-corrected chi connectivity index (χ0v) is 9.64. The minimum Gasteiger partial charge on any atom is -0.479 e. The van der Waals surface area contributed by atoms with Crippen molar-refractivity contribution in [2.24, 2.45) is 0 Å². The molecule has 2 amide bonds. The van der Waals surface area contributed by atoms with Gasteiger partial charge in [-0.3, -0.25) is 5.32 Å². The van der Waals surface area contributed by atoms with Crippen molar-refractivity contribution in [1.82, 2.24) is 9.88 Å². The molecule has 2 N–H and O–H groups in total. The number of carbonyl (C=O) groups is 2. The summed E-state index contributed by atoms with van der Waals surface area (Å²) in [4.78, 5) is 27.8. The number of aromatic nitrogens is 1. The number of morpholine rings is 1. The number of urea groups is 1.